The Morgan fingerprint density at radius 3 is 2.26 bits per heavy atom. The van der Waals surface area contributed by atoms with E-state index in [1.807, 2.05) is 25.1 Å². The van der Waals surface area contributed by atoms with Crippen molar-refractivity contribution in [3.8, 4) is 18.2 Å². The maximum Gasteiger partial charge on any atom is 0.214 e. The fourth-order valence-corrected chi connectivity index (χ4v) is 3.50. The van der Waals surface area contributed by atoms with E-state index in [4.69, 9.17) is 14.9 Å². The van der Waals surface area contributed by atoms with E-state index >= 15 is 0 Å². The van der Waals surface area contributed by atoms with E-state index in [9.17, 15) is 15.8 Å². The SMILES string of the molecule is CCC1C2(C)OC(=N)C1(C#N)C(C#N)(C#N)C(C)O2. The van der Waals surface area contributed by atoms with Crippen LogP contribution in [-0.2, 0) is 9.47 Å². The number of nitrogens with one attached hydrogen (secondary N) is 1. The molecule has 0 radical (unpaired) electrons. The monoisotopic (exact) mass is 258 g/mol. The van der Waals surface area contributed by atoms with Gasteiger partial charge in [-0.05, 0) is 13.3 Å². The molecule has 19 heavy (non-hydrogen) atoms. The van der Waals surface area contributed by atoms with E-state index in [0.29, 0.717) is 6.42 Å². The number of nitrogens with zero attached hydrogens (tertiary/aromatic N) is 3. The van der Waals surface area contributed by atoms with Gasteiger partial charge in [0.2, 0.25) is 11.7 Å². The van der Waals surface area contributed by atoms with E-state index in [2.05, 4.69) is 0 Å². The maximum absolute atomic E-state index is 9.64. The van der Waals surface area contributed by atoms with Gasteiger partial charge in [0.15, 0.2) is 10.8 Å². The molecule has 2 aliphatic heterocycles. The van der Waals surface area contributed by atoms with Crippen molar-refractivity contribution in [2.24, 2.45) is 16.7 Å². The molecule has 0 aromatic carbocycles. The van der Waals surface area contributed by atoms with Gasteiger partial charge in [-0.2, -0.15) is 15.8 Å². The van der Waals surface area contributed by atoms with Gasteiger partial charge in [-0.25, -0.2) is 0 Å². The lowest BCUT2D eigenvalue weighted by molar-refractivity contribution is -0.265. The molecule has 4 unspecified atom stereocenters. The Hall–Kier alpha value is -2.10. The van der Waals surface area contributed by atoms with Crippen molar-refractivity contribution in [3.63, 3.8) is 0 Å². The summed E-state index contributed by atoms with van der Waals surface area (Å²) in [6.07, 6.45) is -0.331. The van der Waals surface area contributed by atoms with Gasteiger partial charge in [0.05, 0.1) is 30.2 Å². The first-order valence-electron chi connectivity index (χ1n) is 6.08. The van der Waals surface area contributed by atoms with Crippen LogP contribution in [0.15, 0.2) is 0 Å². The summed E-state index contributed by atoms with van der Waals surface area (Å²) in [6.45, 7) is 5.06. The largest absolute Gasteiger partial charge is 0.448 e. The lowest BCUT2D eigenvalue weighted by atomic mass is 9.54. The molecule has 98 valence electrons. The molecular weight excluding hydrogens is 244 g/mol. The Labute approximate surface area is 111 Å². The smallest absolute Gasteiger partial charge is 0.214 e. The molecule has 2 saturated heterocycles. The van der Waals surface area contributed by atoms with E-state index < -0.39 is 28.6 Å². The zero-order valence-corrected chi connectivity index (χ0v) is 11.0. The van der Waals surface area contributed by atoms with Crippen LogP contribution in [0, 0.1) is 56.2 Å². The minimum atomic E-state index is -1.73. The van der Waals surface area contributed by atoms with E-state index in [-0.39, 0.29) is 5.90 Å². The molecule has 2 aliphatic rings. The second-order valence-corrected chi connectivity index (χ2v) is 5.12. The number of ether oxygens (including phenoxy) is 2. The molecule has 4 atom stereocenters. The normalized spacial score (nSPS) is 42.6. The number of hydrogen-bond acceptors (Lipinski definition) is 6. The molecule has 2 rings (SSSR count). The molecule has 2 fully saturated rings. The van der Waals surface area contributed by atoms with Gasteiger partial charge in [-0.3, -0.25) is 5.41 Å². The van der Waals surface area contributed by atoms with Gasteiger partial charge < -0.3 is 9.47 Å². The molecule has 2 heterocycles. The highest BCUT2D eigenvalue weighted by Gasteiger charge is 2.77. The van der Waals surface area contributed by atoms with Crippen LogP contribution in [0.2, 0.25) is 0 Å². The van der Waals surface area contributed by atoms with Crippen LogP contribution in [0.4, 0.5) is 0 Å². The van der Waals surface area contributed by atoms with E-state index in [1.54, 1.807) is 13.8 Å². The van der Waals surface area contributed by atoms with Crippen molar-refractivity contribution in [1.29, 1.82) is 21.2 Å². The molecule has 1 N–H and O–H groups in total. The molecule has 6 heteroatoms. The first-order valence-corrected chi connectivity index (χ1v) is 6.08. The summed E-state index contributed by atoms with van der Waals surface area (Å²) in [7, 11) is 0. The van der Waals surface area contributed by atoms with Crippen LogP contribution in [-0.4, -0.2) is 17.8 Å². The minimum Gasteiger partial charge on any atom is -0.448 e. The Morgan fingerprint density at radius 1 is 1.26 bits per heavy atom. The van der Waals surface area contributed by atoms with E-state index in [0.717, 1.165) is 0 Å². The van der Waals surface area contributed by atoms with Crippen LogP contribution in [0.5, 0.6) is 0 Å². The topological polar surface area (TPSA) is 114 Å². The molecule has 0 amide bonds. The second-order valence-electron chi connectivity index (χ2n) is 5.12. The van der Waals surface area contributed by atoms with Gasteiger partial charge >= 0.3 is 0 Å². The standard InChI is InChI=1S/C13H14N4O2/c1-4-9-11(3)18-8(2)12(5-14,6-15)13(9,7-16)10(17)19-11/h8-9,17H,4H2,1-3H3. The zero-order valence-electron chi connectivity index (χ0n) is 11.0. The highest BCUT2D eigenvalue weighted by atomic mass is 16.7. The van der Waals surface area contributed by atoms with Crippen LogP contribution in [0.3, 0.4) is 0 Å². The highest BCUT2D eigenvalue weighted by molar-refractivity contribution is 5.89. The van der Waals surface area contributed by atoms with Gasteiger partial charge in [0, 0.05) is 6.92 Å². The maximum atomic E-state index is 9.64. The Balaban J connectivity index is 2.82. The molecule has 6 nitrogen and oxygen atoms in total. The zero-order chi connectivity index (χ0) is 14.5. The molecule has 0 aromatic rings. The lowest BCUT2D eigenvalue weighted by Crippen LogP contribution is -2.60. The first-order chi connectivity index (χ1) is 8.88. The summed E-state index contributed by atoms with van der Waals surface area (Å²) in [4.78, 5) is 0. The summed E-state index contributed by atoms with van der Waals surface area (Å²) in [6, 6.07) is 5.87. The Morgan fingerprint density at radius 2 is 1.84 bits per heavy atom. The molecule has 2 bridgehead atoms. The summed E-state index contributed by atoms with van der Waals surface area (Å²) in [5, 5.41) is 36.6. The van der Waals surface area contributed by atoms with Crippen molar-refractivity contribution < 1.29 is 9.47 Å². The highest BCUT2D eigenvalue weighted by Crippen LogP contribution is 2.63. The average molecular weight is 258 g/mol. The fourth-order valence-electron chi connectivity index (χ4n) is 3.50. The predicted molar refractivity (Wildman–Crippen MR) is 63.2 cm³/mol. The van der Waals surface area contributed by atoms with Gasteiger partial charge in [-0.15, -0.1) is 0 Å². The second kappa shape index (κ2) is 3.70. The Bertz CT molecular complexity index is 553. The van der Waals surface area contributed by atoms with Crippen molar-refractivity contribution in [2.75, 3.05) is 0 Å². The molecular formula is C13H14N4O2. The summed E-state index contributed by atoms with van der Waals surface area (Å²) < 4.78 is 11.1. The molecule has 0 spiro atoms. The van der Waals surface area contributed by atoms with Gasteiger partial charge in [-0.1, -0.05) is 6.92 Å². The van der Waals surface area contributed by atoms with Crippen molar-refractivity contribution in [1.82, 2.24) is 0 Å². The van der Waals surface area contributed by atoms with E-state index in [1.165, 1.54) is 0 Å². The molecule has 0 aliphatic carbocycles. The average Bonchev–Trinajstić information content (AvgIpc) is 2.55. The van der Waals surface area contributed by atoms with Crippen molar-refractivity contribution in [2.45, 2.75) is 39.1 Å². The van der Waals surface area contributed by atoms with Crippen LogP contribution < -0.4 is 0 Å². The Kier molecular flexibility index (Phi) is 2.59. The molecule has 0 aromatic heterocycles. The number of rotatable bonds is 1. The van der Waals surface area contributed by atoms with Crippen LogP contribution in [0.25, 0.3) is 0 Å². The number of nitriles is 3. The fraction of sp³-hybridized carbons (Fsp3) is 0.692. The minimum absolute atomic E-state index is 0.336. The van der Waals surface area contributed by atoms with Crippen molar-refractivity contribution in [3.05, 3.63) is 0 Å². The quantitative estimate of drug-likeness (QED) is 0.768. The van der Waals surface area contributed by atoms with Gasteiger partial charge in [0.25, 0.3) is 0 Å². The predicted octanol–water partition coefficient (Wildman–Crippen LogP) is 1.70. The summed E-state index contributed by atoms with van der Waals surface area (Å²) in [5.74, 6) is -1.98. The van der Waals surface area contributed by atoms with Crippen LogP contribution >= 0.6 is 0 Å². The van der Waals surface area contributed by atoms with Gasteiger partial charge in [0.1, 0.15) is 0 Å². The summed E-state index contributed by atoms with van der Waals surface area (Å²) >= 11 is 0. The van der Waals surface area contributed by atoms with Crippen molar-refractivity contribution >= 4 is 5.90 Å². The number of fused-ring (bicyclic) bond motifs is 2. The summed E-state index contributed by atoms with van der Waals surface area (Å²) in [5.41, 5.74) is -3.30. The third kappa shape index (κ3) is 1.14. The first kappa shape index (κ1) is 13.3. The lowest BCUT2D eigenvalue weighted by Gasteiger charge is -2.47. The number of hydrogen-bond donors (Lipinski definition) is 1. The third-order valence-corrected chi connectivity index (χ3v) is 4.40. The van der Waals surface area contributed by atoms with Crippen LogP contribution in [0.1, 0.15) is 27.2 Å². The molecule has 0 saturated carbocycles. The third-order valence-electron chi connectivity index (χ3n) is 4.40.